The summed E-state index contributed by atoms with van der Waals surface area (Å²) in [6.45, 7) is 3.25. The molecule has 1 unspecified atom stereocenters. The number of aliphatic hydroxyl groups is 1. The van der Waals surface area contributed by atoms with Crippen molar-refractivity contribution in [3.8, 4) is 5.75 Å². The number of rotatable bonds is 11. The number of hydrogen-bond acceptors (Lipinski definition) is 4. The highest BCUT2D eigenvalue weighted by atomic mass is 16.5. The molecule has 4 nitrogen and oxygen atoms in total. The number of nitrogens with one attached hydrogen (secondary N) is 1. The van der Waals surface area contributed by atoms with Crippen molar-refractivity contribution in [1.82, 2.24) is 5.32 Å². The van der Waals surface area contributed by atoms with E-state index in [1.807, 2.05) is 6.92 Å². The predicted molar refractivity (Wildman–Crippen MR) is 100 cm³/mol. The number of aliphatic hydroxyl groups excluding tert-OH is 1. The van der Waals surface area contributed by atoms with Gasteiger partial charge in [0.25, 0.3) is 0 Å². The van der Waals surface area contributed by atoms with Crippen LogP contribution in [0, 0.1) is 0 Å². The molecular weight excluding hydrogens is 314 g/mol. The standard InChI is InChI=1S/C21H27NO3/c1-2-14-22-15-18(23)16-25-21-11-7-6-10-19(21)20(24)13-12-17-8-4-3-5-9-17/h3-11,18,22-23H,2,12-16H2,1H3/i3D,4D,5D,8D,9D. The third-order valence-corrected chi connectivity index (χ3v) is 3.58. The molecule has 0 fully saturated rings. The molecule has 0 aromatic heterocycles. The summed E-state index contributed by atoms with van der Waals surface area (Å²) in [7, 11) is 0. The van der Waals surface area contributed by atoms with Crippen molar-refractivity contribution in [3.05, 3.63) is 65.6 Å². The second kappa shape index (κ2) is 10.6. The van der Waals surface area contributed by atoms with Gasteiger partial charge < -0.3 is 15.2 Å². The maximum atomic E-state index is 12.7. The summed E-state index contributed by atoms with van der Waals surface area (Å²) in [5.74, 6) is 0.0779. The SMILES string of the molecule is [2H]c1c([2H])c([2H])c(CCC(=O)c2ccccc2OCC(O)CNCCC)c([2H])c1[2H]. The number of Topliss-reactive ketones (excluding diaryl/α,β-unsaturated/α-hetero) is 1. The van der Waals surface area contributed by atoms with Crippen molar-refractivity contribution < 1.29 is 21.5 Å². The molecule has 0 heterocycles. The number of carbonyl (C=O) groups excluding carboxylic acids is 1. The molecular formula is C21H27NO3. The van der Waals surface area contributed by atoms with Crippen LogP contribution in [0.1, 0.15) is 42.5 Å². The Morgan fingerprint density at radius 1 is 1.28 bits per heavy atom. The van der Waals surface area contributed by atoms with E-state index in [-0.39, 0.29) is 42.9 Å². The minimum Gasteiger partial charge on any atom is -0.490 e. The zero-order valence-corrected chi connectivity index (χ0v) is 14.4. The molecule has 0 saturated heterocycles. The van der Waals surface area contributed by atoms with E-state index in [0.29, 0.717) is 17.9 Å². The van der Waals surface area contributed by atoms with E-state index in [0.717, 1.165) is 13.0 Å². The number of ketones is 1. The first-order chi connectivity index (χ1) is 14.3. The van der Waals surface area contributed by atoms with Crippen LogP contribution in [0.3, 0.4) is 0 Å². The number of carbonyl (C=O) groups is 1. The second-order valence-electron chi connectivity index (χ2n) is 5.69. The van der Waals surface area contributed by atoms with Crippen molar-refractivity contribution in [2.24, 2.45) is 0 Å². The largest absolute Gasteiger partial charge is 0.490 e. The van der Waals surface area contributed by atoms with Crippen LogP contribution in [0.15, 0.2) is 54.5 Å². The Kier molecular flexibility index (Phi) is 5.57. The number of hydrogen-bond donors (Lipinski definition) is 2. The minimum atomic E-state index is -0.717. The summed E-state index contributed by atoms with van der Waals surface area (Å²) < 4.78 is 44.7. The van der Waals surface area contributed by atoms with Gasteiger partial charge in [-0.15, -0.1) is 0 Å². The van der Waals surface area contributed by atoms with Crippen molar-refractivity contribution in [2.75, 3.05) is 19.7 Å². The molecule has 0 aliphatic rings. The fourth-order valence-electron chi connectivity index (χ4n) is 2.29. The van der Waals surface area contributed by atoms with Gasteiger partial charge in [0.2, 0.25) is 0 Å². The Balaban J connectivity index is 2.07. The van der Waals surface area contributed by atoms with E-state index < -0.39 is 24.2 Å². The molecule has 4 heteroatoms. The maximum absolute atomic E-state index is 12.7. The van der Waals surface area contributed by atoms with E-state index in [1.54, 1.807) is 24.3 Å². The summed E-state index contributed by atoms with van der Waals surface area (Å²) >= 11 is 0. The van der Waals surface area contributed by atoms with Crippen LogP contribution in [0.25, 0.3) is 0 Å². The van der Waals surface area contributed by atoms with Gasteiger partial charge in [0.05, 0.1) is 12.4 Å². The monoisotopic (exact) mass is 346 g/mol. The summed E-state index contributed by atoms with van der Waals surface area (Å²) in [4.78, 5) is 12.7. The van der Waals surface area contributed by atoms with Gasteiger partial charge in [0.15, 0.2) is 5.78 Å². The van der Waals surface area contributed by atoms with Crippen LogP contribution in [0.2, 0.25) is 0 Å². The van der Waals surface area contributed by atoms with Crippen LogP contribution in [0.5, 0.6) is 5.75 Å². The molecule has 25 heavy (non-hydrogen) atoms. The Hall–Kier alpha value is -2.17. The Labute approximate surface area is 156 Å². The predicted octanol–water partition coefficient (Wildman–Crippen LogP) is 3.24. The molecule has 0 radical (unpaired) electrons. The lowest BCUT2D eigenvalue weighted by Gasteiger charge is -2.15. The van der Waals surface area contributed by atoms with Gasteiger partial charge in [0.1, 0.15) is 18.5 Å². The second-order valence-corrected chi connectivity index (χ2v) is 5.69. The molecule has 2 aromatic rings. The lowest BCUT2D eigenvalue weighted by Crippen LogP contribution is -2.32. The molecule has 0 aliphatic carbocycles. The van der Waals surface area contributed by atoms with E-state index in [1.165, 1.54) is 0 Å². The average molecular weight is 346 g/mol. The van der Waals surface area contributed by atoms with Crippen LogP contribution < -0.4 is 10.1 Å². The molecule has 134 valence electrons. The van der Waals surface area contributed by atoms with Crippen molar-refractivity contribution in [3.63, 3.8) is 0 Å². The minimum absolute atomic E-state index is 0.0203. The van der Waals surface area contributed by atoms with Gasteiger partial charge in [-0.2, -0.15) is 0 Å². The van der Waals surface area contributed by atoms with Gasteiger partial charge in [-0.1, -0.05) is 49.3 Å². The normalized spacial score (nSPS) is 14.7. The molecule has 0 aliphatic heterocycles. The maximum Gasteiger partial charge on any atom is 0.166 e. The van der Waals surface area contributed by atoms with E-state index >= 15 is 0 Å². The van der Waals surface area contributed by atoms with Gasteiger partial charge in [-0.3, -0.25) is 4.79 Å². The smallest absolute Gasteiger partial charge is 0.166 e. The quantitative estimate of drug-likeness (QED) is 0.484. The van der Waals surface area contributed by atoms with Gasteiger partial charge >= 0.3 is 0 Å². The lowest BCUT2D eigenvalue weighted by molar-refractivity contribution is 0.0950. The van der Waals surface area contributed by atoms with Crippen LogP contribution in [-0.2, 0) is 6.42 Å². The fraction of sp³-hybridized carbons (Fsp3) is 0.381. The third kappa shape index (κ3) is 6.69. The average Bonchev–Trinajstić information content (AvgIpc) is 2.75. The highest BCUT2D eigenvalue weighted by Gasteiger charge is 2.13. The molecule has 0 spiro atoms. The molecule has 2 rings (SSSR count). The highest BCUT2D eigenvalue weighted by molar-refractivity contribution is 5.98. The lowest BCUT2D eigenvalue weighted by atomic mass is 10.0. The van der Waals surface area contributed by atoms with E-state index in [4.69, 9.17) is 11.6 Å². The number of ether oxygens (including phenoxy) is 1. The van der Waals surface area contributed by atoms with E-state index in [9.17, 15) is 9.90 Å². The molecule has 2 aromatic carbocycles. The summed E-state index contributed by atoms with van der Waals surface area (Å²) in [6, 6.07) is 4.83. The van der Waals surface area contributed by atoms with Gasteiger partial charge in [-0.25, -0.2) is 0 Å². The first kappa shape index (κ1) is 13.1. The van der Waals surface area contributed by atoms with E-state index in [2.05, 4.69) is 5.32 Å². The molecule has 0 amide bonds. The third-order valence-electron chi connectivity index (χ3n) is 3.58. The number of benzene rings is 2. The topological polar surface area (TPSA) is 58.6 Å². The Morgan fingerprint density at radius 2 is 2.04 bits per heavy atom. The fourth-order valence-corrected chi connectivity index (χ4v) is 2.29. The Morgan fingerprint density at radius 3 is 2.80 bits per heavy atom. The van der Waals surface area contributed by atoms with Gasteiger partial charge in [-0.05, 0) is 37.1 Å². The molecule has 0 saturated carbocycles. The summed E-state index contributed by atoms with van der Waals surface area (Å²) in [5.41, 5.74) is 0.448. The first-order valence-electron chi connectivity index (χ1n) is 11.0. The van der Waals surface area contributed by atoms with Crippen LogP contribution in [0.4, 0.5) is 0 Å². The highest BCUT2D eigenvalue weighted by Crippen LogP contribution is 2.20. The molecule has 0 bridgehead atoms. The van der Waals surface area contributed by atoms with Gasteiger partial charge in [0, 0.05) is 13.0 Å². The van der Waals surface area contributed by atoms with Crippen LogP contribution in [-0.4, -0.2) is 36.7 Å². The van der Waals surface area contributed by atoms with Crippen molar-refractivity contribution in [1.29, 1.82) is 0 Å². The van der Waals surface area contributed by atoms with Crippen molar-refractivity contribution >= 4 is 5.78 Å². The molecule has 1 atom stereocenters. The Bertz CT molecular complexity index is 862. The first-order valence-corrected chi connectivity index (χ1v) is 8.47. The zero-order valence-electron chi connectivity index (χ0n) is 19.4. The number of para-hydroxylation sites is 1. The van der Waals surface area contributed by atoms with Crippen LogP contribution >= 0.6 is 0 Å². The summed E-state index contributed by atoms with van der Waals surface area (Å²) in [6.07, 6.45) is 0.228. The van der Waals surface area contributed by atoms with Crippen molar-refractivity contribution in [2.45, 2.75) is 32.3 Å². The zero-order chi connectivity index (χ0) is 22.3. The molecule has 2 N–H and O–H groups in total. The summed E-state index contributed by atoms with van der Waals surface area (Å²) in [5, 5.41) is 13.1.